The molecule has 102 valence electrons. The van der Waals surface area contributed by atoms with E-state index >= 15 is 0 Å². The Morgan fingerprint density at radius 2 is 2.05 bits per heavy atom. The van der Waals surface area contributed by atoms with Crippen LogP contribution < -0.4 is 5.32 Å². The molecule has 0 spiro atoms. The van der Waals surface area contributed by atoms with Crippen molar-refractivity contribution >= 4 is 11.6 Å². The van der Waals surface area contributed by atoms with Crippen molar-refractivity contribution in [2.24, 2.45) is 0 Å². The number of carbonyl (C=O) groups is 1. The van der Waals surface area contributed by atoms with E-state index in [-0.39, 0.29) is 18.1 Å². The highest BCUT2D eigenvalue weighted by atomic mass is 16.5. The molecule has 1 amide bonds. The molecule has 4 nitrogen and oxygen atoms in total. The summed E-state index contributed by atoms with van der Waals surface area (Å²) in [5.74, 6) is 0.110. The lowest BCUT2D eigenvalue weighted by atomic mass is 10.1. The first-order valence-corrected chi connectivity index (χ1v) is 6.95. The minimum Gasteiger partial charge on any atom is -0.384 e. The van der Waals surface area contributed by atoms with Crippen molar-refractivity contribution in [3.05, 3.63) is 29.3 Å². The van der Waals surface area contributed by atoms with Crippen molar-refractivity contribution in [1.29, 1.82) is 0 Å². The Morgan fingerprint density at radius 1 is 1.32 bits per heavy atom. The molecule has 0 aromatic heterocycles. The number of carbonyl (C=O) groups excluding carboxylic acids is 1. The third-order valence-corrected chi connectivity index (χ3v) is 3.77. The molecule has 2 atom stereocenters. The minimum absolute atomic E-state index is 0.110. The maximum Gasteiger partial charge on any atom is 0.254 e. The zero-order valence-corrected chi connectivity index (χ0v) is 11.5. The van der Waals surface area contributed by atoms with Gasteiger partial charge in [-0.15, -0.1) is 0 Å². The molecule has 0 aliphatic carbocycles. The van der Waals surface area contributed by atoms with E-state index in [1.54, 1.807) is 0 Å². The van der Waals surface area contributed by atoms with Gasteiger partial charge in [0.15, 0.2) is 0 Å². The second-order valence-electron chi connectivity index (χ2n) is 5.52. The molecule has 0 radical (unpaired) electrons. The van der Waals surface area contributed by atoms with Crippen molar-refractivity contribution in [3.63, 3.8) is 0 Å². The smallest absolute Gasteiger partial charge is 0.254 e. The van der Waals surface area contributed by atoms with Gasteiger partial charge in [-0.2, -0.15) is 0 Å². The number of nitrogens with one attached hydrogen (secondary N) is 1. The lowest BCUT2D eigenvalue weighted by Gasteiger charge is -2.35. The summed E-state index contributed by atoms with van der Waals surface area (Å²) in [4.78, 5) is 14.4. The summed E-state index contributed by atoms with van der Waals surface area (Å²) in [5, 5.41) is 3.32. The zero-order chi connectivity index (χ0) is 13.4. The van der Waals surface area contributed by atoms with E-state index in [4.69, 9.17) is 4.74 Å². The summed E-state index contributed by atoms with van der Waals surface area (Å²) in [6, 6.07) is 5.99. The molecular weight excluding hydrogens is 240 g/mol. The normalized spacial score (nSPS) is 25.9. The van der Waals surface area contributed by atoms with E-state index < -0.39 is 0 Å². The van der Waals surface area contributed by atoms with Crippen LogP contribution in [0.5, 0.6) is 0 Å². The molecule has 0 unspecified atom stereocenters. The van der Waals surface area contributed by atoms with Gasteiger partial charge in [0.05, 0.1) is 12.2 Å². The fourth-order valence-electron chi connectivity index (χ4n) is 2.95. The summed E-state index contributed by atoms with van der Waals surface area (Å²) in [5.41, 5.74) is 3.19. The largest absolute Gasteiger partial charge is 0.384 e. The van der Waals surface area contributed by atoms with E-state index in [1.165, 1.54) is 5.56 Å². The highest BCUT2D eigenvalue weighted by Gasteiger charge is 2.27. The van der Waals surface area contributed by atoms with Crippen molar-refractivity contribution in [1.82, 2.24) is 4.90 Å². The van der Waals surface area contributed by atoms with Gasteiger partial charge in [0.1, 0.15) is 0 Å². The molecule has 1 N–H and O–H groups in total. The maximum absolute atomic E-state index is 12.5. The fourth-order valence-corrected chi connectivity index (χ4v) is 2.95. The molecular formula is C15H20N2O2. The molecule has 0 bridgehead atoms. The van der Waals surface area contributed by atoms with Crippen LogP contribution in [0, 0.1) is 0 Å². The van der Waals surface area contributed by atoms with Crippen LogP contribution >= 0.6 is 0 Å². The maximum atomic E-state index is 12.5. The third-order valence-electron chi connectivity index (χ3n) is 3.77. The number of benzene rings is 1. The van der Waals surface area contributed by atoms with Crippen molar-refractivity contribution in [2.45, 2.75) is 32.5 Å². The fraction of sp³-hybridized carbons (Fsp3) is 0.533. The van der Waals surface area contributed by atoms with Gasteiger partial charge in [0.25, 0.3) is 5.91 Å². The SMILES string of the molecule is C[C@@H]1CN(C(=O)c2ccc3c(c2)NCC3)C[C@H](C)O1. The second kappa shape index (κ2) is 4.85. The highest BCUT2D eigenvalue weighted by Crippen LogP contribution is 2.24. The van der Waals surface area contributed by atoms with Crippen molar-refractivity contribution in [2.75, 3.05) is 25.0 Å². The van der Waals surface area contributed by atoms with Gasteiger partial charge in [-0.3, -0.25) is 4.79 Å². The first-order valence-electron chi connectivity index (χ1n) is 6.95. The number of nitrogens with zero attached hydrogens (tertiary/aromatic N) is 1. The Balaban J connectivity index is 1.80. The van der Waals surface area contributed by atoms with Crippen LogP contribution in [0.2, 0.25) is 0 Å². The van der Waals surface area contributed by atoms with Crippen LogP contribution in [-0.2, 0) is 11.2 Å². The van der Waals surface area contributed by atoms with Gasteiger partial charge >= 0.3 is 0 Å². The number of ether oxygens (including phenoxy) is 1. The van der Waals surface area contributed by atoms with Gasteiger partial charge in [-0.05, 0) is 38.0 Å². The van der Waals surface area contributed by atoms with Crippen LogP contribution in [0.4, 0.5) is 5.69 Å². The van der Waals surface area contributed by atoms with Crippen molar-refractivity contribution in [3.8, 4) is 0 Å². The summed E-state index contributed by atoms with van der Waals surface area (Å²) < 4.78 is 5.67. The molecule has 3 rings (SSSR count). The molecule has 19 heavy (non-hydrogen) atoms. The molecule has 2 aliphatic heterocycles. The average molecular weight is 260 g/mol. The van der Waals surface area contributed by atoms with E-state index in [1.807, 2.05) is 30.9 Å². The van der Waals surface area contributed by atoms with Gasteiger partial charge in [-0.25, -0.2) is 0 Å². The molecule has 1 aromatic rings. The summed E-state index contributed by atoms with van der Waals surface area (Å²) in [7, 11) is 0. The first kappa shape index (κ1) is 12.5. The molecule has 4 heteroatoms. The Labute approximate surface area is 113 Å². The van der Waals surface area contributed by atoms with Gasteiger partial charge in [-0.1, -0.05) is 6.07 Å². The predicted molar refractivity (Wildman–Crippen MR) is 74.5 cm³/mol. The number of rotatable bonds is 1. The number of anilines is 1. The van der Waals surface area contributed by atoms with Crippen molar-refractivity contribution < 1.29 is 9.53 Å². The minimum atomic E-state index is 0.110. The molecule has 0 saturated carbocycles. The van der Waals surface area contributed by atoms with Crippen LogP contribution in [0.15, 0.2) is 18.2 Å². The van der Waals surface area contributed by atoms with Crippen LogP contribution in [0.3, 0.4) is 0 Å². The number of hydrogen-bond donors (Lipinski definition) is 1. The topological polar surface area (TPSA) is 41.6 Å². The number of hydrogen-bond acceptors (Lipinski definition) is 3. The van der Waals surface area contributed by atoms with Crippen LogP contribution in [0.1, 0.15) is 29.8 Å². The Bertz CT molecular complexity index is 491. The van der Waals surface area contributed by atoms with Crippen LogP contribution in [-0.4, -0.2) is 42.6 Å². The highest BCUT2D eigenvalue weighted by molar-refractivity contribution is 5.95. The monoisotopic (exact) mass is 260 g/mol. The predicted octanol–water partition coefficient (Wildman–Crippen LogP) is 1.90. The van der Waals surface area contributed by atoms with Gasteiger partial charge < -0.3 is 15.0 Å². The van der Waals surface area contributed by atoms with Gasteiger partial charge in [0, 0.05) is 30.9 Å². The number of fused-ring (bicyclic) bond motifs is 1. The Morgan fingerprint density at radius 3 is 2.79 bits per heavy atom. The molecule has 1 aromatic carbocycles. The molecule has 1 saturated heterocycles. The number of amides is 1. The van der Waals surface area contributed by atoms with Crippen LogP contribution in [0.25, 0.3) is 0 Å². The standard InChI is InChI=1S/C15H20N2O2/c1-10-8-17(9-11(2)19-10)15(18)13-4-3-12-5-6-16-14(12)7-13/h3-4,7,10-11,16H,5-6,8-9H2,1-2H3/t10-,11+. The lowest BCUT2D eigenvalue weighted by molar-refractivity contribution is -0.0586. The summed E-state index contributed by atoms with van der Waals surface area (Å²) in [6.07, 6.45) is 1.27. The summed E-state index contributed by atoms with van der Waals surface area (Å²) in [6.45, 7) is 6.35. The van der Waals surface area contributed by atoms with E-state index in [9.17, 15) is 4.79 Å². The van der Waals surface area contributed by atoms with E-state index in [2.05, 4.69) is 11.4 Å². The van der Waals surface area contributed by atoms with E-state index in [0.717, 1.165) is 24.2 Å². The summed E-state index contributed by atoms with van der Waals surface area (Å²) >= 11 is 0. The Hall–Kier alpha value is -1.55. The first-order chi connectivity index (χ1) is 9.13. The average Bonchev–Trinajstić information content (AvgIpc) is 2.83. The van der Waals surface area contributed by atoms with Gasteiger partial charge in [0.2, 0.25) is 0 Å². The molecule has 2 heterocycles. The Kier molecular flexibility index (Phi) is 3.19. The zero-order valence-electron chi connectivity index (χ0n) is 11.5. The quantitative estimate of drug-likeness (QED) is 0.838. The second-order valence-corrected chi connectivity index (χ2v) is 5.52. The van der Waals surface area contributed by atoms with E-state index in [0.29, 0.717) is 13.1 Å². The number of morpholine rings is 1. The molecule has 1 fully saturated rings. The third kappa shape index (κ3) is 2.45. The molecule has 2 aliphatic rings. The lowest BCUT2D eigenvalue weighted by Crippen LogP contribution is -2.48.